The minimum atomic E-state index is -0.159. The fourth-order valence-corrected chi connectivity index (χ4v) is 1.60. The van der Waals surface area contributed by atoms with Crippen LogP contribution in [0.1, 0.15) is 13.8 Å². The molecule has 1 nitrogen and oxygen atoms in total. The molecule has 0 aliphatic rings. The van der Waals surface area contributed by atoms with Crippen LogP contribution >= 0.6 is 18.9 Å². The molecule has 0 N–H and O–H groups in total. The van der Waals surface area contributed by atoms with Crippen LogP contribution in [0.3, 0.4) is 0 Å². The maximum absolute atomic E-state index is 5.22. The lowest BCUT2D eigenvalue weighted by molar-refractivity contribution is 0.294. The number of hydrogen-bond acceptors (Lipinski definition) is 1. The summed E-state index contributed by atoms with van der Waals surface area (Å²) in [7, 11) is 0. The smallest absolute Gasteiger partial charge is 0.554 e. The van der Waals surface area contributed by atoms with Gasteiger partial charge in [-0.25, -0.2) is 18.9 Å². The molecule has 0 radical (unpaired) electrons. The Hall–Kier alpha value is 1.46. The highest BCUT2D eigenvalue weighted by atomic mass is 127. The maximum atomic E-state index is 5.22. The summed E-state index contributed by atoms with van der Waals surface area (Å²) in [5.74, 6) is 0.710. The lowest BCUT2D eigenvalue weighted by Crippen LogP contribution is -2.00. The fourth-order valence-electron chi connectivity index (χ4n) is 0.280. The van der Waals surface area contributed by atoms with Crippen LogP contribution in [0.5, 0.6) is 0 Å². The summed E-state index contributed by atoms with van der Waals surface area (Å²) in [5, 5.41) is 0. The average molecular weight is 224 g/mol. The zero-order chi connectivity index (χ0) is 5.70. The Morgan fingerprint density at radius 2 is 2.29 bits per heavy atom. The van der Waals surface area contributed by atoms with E-state index in [0.29, 0.717) is 5.92 Å². The number of rotatable bonds is 3. The fraction of sp³-hybridized carbons (Fsp3) is 1.00. The summed E-state index contributed by atoms with van der Waals surface area (Å²) in [6, 6.07) is 0. The van der Waals surface area contributed by atoms with E-state index in [1.807, 2.05) is 0 Å². The first-order chi connectivity index (χ1) is 3.27. The van der Waals surface area contributed by atoms with Crippen molar-refractivity contribution in [2.24, 2.45) is 5.92 Å². The normalized spacial score (nSPS) is 9.14. The highest BCUT2D eigenvalue weighted by Crippen LogP contribution is 1.91. The number of halogens is 1. The minimum Gasteiger partial charge on any atom is -0.554 e. The van der Waals surface area contributed by atoms with Gasteiger partial charge in [0.05, 0.1) is 0 Å². The minimum absolute atomic E-state index is 0.159. The van der Waals surface area contributed by atoms with Gasteiger partial charge in [-0.2, -0.15) is 0 Å². The molecule has 0 aliphatic carbocycles. The van der Waals surface area contributed by atoms with Gasteiger partial charge < -0.3 is 3.17 Å². The molecular weight excluding hydrogens is 215 g/mol. The van der Waals surface area contributed by atoms with Gasteiger partial charge in [-0.1, -0.05) is 13.8 Å². The lowest BCUT2D eigenvalue weighted by Gasteiger charge is -2.02. The van der Waals surface area contributed by atoms with Crippen molar-refractivity contribution in [3.05, 3.63) is 0 Å². The van der Waals surface area contributed by atoms with Crippen molar-refractivity contribution in [3.63, 3.8) is 0 Å². The predicted molar refractivity (Wildman–Crippen MR) is 40.6 cm³/mol. The second-order valence-corrected chi connectivity index (χ2v) is 4.37. The Labute approximate surface area is 64.8 Å². The molecule has 0 amide bonds. The van der Waals surface area contributed by atoms with Crippen LogP contribution in [-0.2, 0) is 3.17 Å². The zero-order valence-electron chi connectivity index (χ0n) is 4.78. The molecule has 0 spiro atoms. The van der Waals surface area contributed by atoms with Crippen molar-refractivity contribution in [2.45, 2.75) is 13.8 Å². The van der Waals surface area contributed by atoms with E-state index in [4.69, 9.17) is 3.17 Å². The summed E-state index contributed by atoms with van der Waals surface area (Å²) in [6.07, 6.45) is 0. The molecule has 0 aliphatic heterocycles. The van der Waals surface area contributed by atoms with Crippen LogP contribution in [0, 0.1) is 5.92 Å². The molecule has 0 unspecified atom stereocenters. The first-order valence-corrected chi connectivity index (χ1v) is 8.10. The molecule has 0 heterocycles. The van der Waals surface area contributed by atoms with Crippen molar-refractivity contribution >= 4 is 35.7 Å². The molecule has 3 heteroatoms. The molecule has 0 saturated heterocycles. The van der Waals surface area contributed by atoms with Gasteiger partial charge in [0, 0.05) is 6.61 Å². The van der Waals surface area contributed by atoms with Crippen LogP contribution in [0.25, 0.3) is 0 Å². The van der Waals surface area contributed by atoms with Crippen LogP contribution in [0.15, 0.2) is 0 Å². The van der Waals surface area contributed by atoms with Gasteiger partial charge in [-0.15, -0.1) is 0 Å². The zero-order valence-corrected chi connectivity index (χ0v) is 8.35. The topological polar surface area (TPSA) is 9.23 Å². The standard InChI is InChI=1S/C4H9O.HI.Mg/c1-4(2)3-5;;/h4H,3H2,1-2H3;1H;/q-1;;+2/p-1. The third-order valence-electron chi connectivity index (χ3n) is 0.528. The molecule has 0 aromatic rings. The molecule has 0 aromatic carbocycles. The van der Waals surface area contributed by atoms with E-state index in [-0.39, 0.29) is 16.9 Å². The first kappa shape index (κ1) is 8.46. The van der Waals surface area contributed by atoms with Crippen molar-refractivity contribution in [1.82, 2.24) is 0 Å². The Morgan fingerprint density at radius 1 is 1.71 bits per heavy atom. The third-order valence-corrected chi connectivity index (χ3v) is 2.24. The van der Waals surface area contributed by atoms with Gasteiger partial charge in [0.2, 0.25) is 0 Å². The second-order valence-electron chi connectivity index (χ2n) is 1.87. The van der Waals surface area contributed by atoms with Gasteiger partial charge in [0.1, 0.15) is 0 Å². The Morgan fingerprint density at radius 3 is 2.43 bits per heavy atom. The molecular formula is C4H9IMgO. The van der Waals surface area contributed by atoms with Gasteiger partial charge in [-0.05, 0) is 5.92 Å². The highest BCUT2D eigenvalue weighted by molar-refractivity contribution is 14.1. The van der Waals surface area contributed by atoms with E-state index in [2.05, 4.69) is 32.7 Å². The Balaban J connectivity index is 2.68. The summed E-state index contributed by atoms with van der Waals surface area (Å²) < 4.78 is 5.22. The molecule has 0 aromatic heterocycles. The average Bonchev–Trinajstić information content (AvgIpc) is 1.61. The van der Waals surface area contributed by atoms with Gasteiger partial charge >= 0.3 is 16.9 Å². The van der Waals surface area contributed by atoms with Crippen molar-refractivity contribution in [2.75, 3.05) is 6.61 Å². The Bertz CT molecular complexity index is 40.7. The van der Waals surface area contributed by atoms with E-state index in [0.717, 1.165) is 6.61 Å². The van der Waals surface area contributed by atoms with Crippen LogP contribution < -0.4 is 0 Å². The van der Waals surface area contributed by atoms with E-state index in [1.165, 1.54) is 0 Å². The summed E-state index contributed by atoms with van der Waals surface area (Å²) in [6.45, 7) is 5.29. The van der Waals surface area contributed by atoms with Crippen LogP contribution in [-0.4, -0.2) is 23.5 Å². The monoisotopic (exact) mass is 224 g/mol. The largest absolute Gasteiger partial charge is 0.659 e. The Kier molecular flexibility index (Phi) is 6.75. The third kappa shape index (κ3) is 7.46. The van der Waals surface area contributed by atoms with E-state index >= 15 is 0 Å². The molecule has 40 valence electrons. The quantitative estimate of drug-likeness (QED) is 0.523. The maximum Gasteiger partial charge on any atom is 0.659 e. The molecule has 0 rings (SSSR count). The van der Waals surface area contributed by atoms with Gasteiger partial charge in [0.25, 0.3) is 0 Å². The van der Waals surface area contributed by atoms with Gasteiger partial charge in [0.15, 0.2) is 0 Å². The predicted octanol–water partition coefficient (Wildman–Crippen LogP) is 1.63. The van der Waals surface area contributed by atoms with E-state index < -0.39 is 0 Å². The van der Waals surface area contributed by atoms with Gasteiger partial charge in [-0.3, -0.25) is 0 Å². The summed E-state index contributed by atoms with van der Waals surface area (Å²) in [5.41, 5.74) is 0. The molecule has 0 fully saturated rings. The molecule has 0 bridgehead atoms. The van der Waals surface area contributed by atoms with Crippen LogP contribution in [0.4, 0.5) is 0 Å². The van der Waals surface area contributed by atoms with Crippen LogP contribution in [0.2, 0.25) is 0 Å². The van der Waals surface area contributed by atoms with Crippen molar-refractivity contribution < 1.29 is 3.17 Å². The second kappa shape index (κ2) is 5.59. The number of hydrogen-bond donors (Lipinski definition) is 0. The molecule has 7 heavy (non-hydrogen) atoms. The lowest BCUT2D eigenvalue weighted by atomic mass is 10.2. The summed E-state index contributed by atoms with van der Waals surface area (Å²) >= 11 is 2.18. The first-order valence-electron chi connectivity index (χ1n) is 2.41. The molecule has 0 saturated carbocycles. The molecule has 0 atom stereocenters. The van der Waals surface area contributed by atoms with E-state index in [9.17, 15) is 0 Å². The van der Waals surface area contributed by atoms with E-state index in [1.54, 1.807) is 0 Å². The van der Waals surface area contributed by atoms with Crippen molar-refractivity contribution in [1.29, 1.82) is 0 Å². The SMILES string of the molecule is CC(C)C[O][Mg][I]. The summed E-state index contributed by atoms with van der Waals surface area (Å²) in [4.78, 5) is 0. The highest BCUT2D eigenvalue weighted by Gasteiger charge is 1.92. The van der Waals surface area contributed by atoms with Crippen molar-refractivity contribution in [3.8, 4) is 0 Å².